The van der Waals surface area contributed by atoms with Crippen LogP contribution in [0.2, 0.25) is 0 Å². The van der Waals surface area contributed by atoms with E-state index in [0.29, 0.717) is 5.56 Å². The van der Waals surface area contributed by atoms with Gasteiger partial charge in [-0.1, -0.05) is 13.8 Å². The number of hydrogen-bond acceptors (Lipinski definition) is 4. The molecule has 2 N–H and O–H groups in total. The maximum atomic E-state index is 12.8. The van der Waals surface area contributed by atoms with Gasteiger partial charge in [0.05, 0.1) is 17.8 Å². The van der Waals surface area contributed by atoms with Crippen LogP contribution in [0.25, 0.3) is 0 Å². The first kappa shape index (κ1) is 14.7. The lowest BCUT2D eigenvalue weighted by Gasteiger charge is -2.34. The van der Waals surface area contributed by atoms with Gasteiger partial charge in [0.25, 0.3) is 5.91 Å². The number of nitrogens with one attached hydrogen (secondary N) is 2. The van der Waals surface area contributed by atoms with Crippen LogP contribution in [0.5, 0.6) is 0 Å². The molecule has 1 aliphatic rings. The van der Waals surface area contributed by atoms with Crippen LogP contribution in [0, 0.1) is 6.92 Å². The van der Waals surface area contributed by atoms with E-state index in [1.54, 1.807) is 6.20 Å². The Balaban J connectivity index is 1.87. The van der Waals surface area contributed by atoms with Gasteiger partial charge in [-0.25, -0.2) is 4.98 Å². The number of carbonyl (C=O) groups excluding carboxylic acids is 1. The van der Waals surface area contributed by atoms with Crippen LogP contribution in [0.3, 0.4) is 0 Å². The SMILES string of the molecule is Cc1[nH]ncc1C(=O)N1CCCC[C@@H]1c1nc(C(C)C)n[nH]1. The third kappa shape index (κ3) is 2.63. The molecule has 0 aromatic carbocycles. The van der Waals surface area contributed by atoms with Crippen molar-refractivity contribution >= 4 is 5.91 Å². The van der Waals surface area contributed by atoms with E-state index >= 15 is 0 Å². The van der Waals surface area contributed by atoms with E-state index in [4.69, 9.17) is 0 Å². The molecule has 0 spiro atoms. The standard InChI is InChI=1S/C15H22N6O/c1-9(2)13-17-14(20-19-13)12-6-4-5-7-21(12)15(22)11-8-16-18-10(11)3/h8-9,12H,4-7H2,1-3H3,(H,16,18)(H,17,19,20)/t12-/m1/s1. The van der Waals surface area contributed by atoms with Crippen molar-refractivity contribution in [1.29, 1.82) is 0 Å². The van der Waals surface area contributed by atoms with E-state index < -0.39 is 0 Å². The monoisotopic (exact) mass is 302 g/mol. The number of amides is 1. The summed E-state index contributed by atoms with van der Waals surface area (Å²) in [6.45, 7) is 6.73. The van der Waals surface area contributed by atoms with Crippen LogP contribution in [0.1, 0.15) is 72.8 Å². The van der Waals surface area contributed by atoms with E-state index in [1.165, 1.54) is 0 Å². The fourth-order valence-corrected chi connectivity index (χ4v) is 2.88. The number of piperidine rings is 1. The summed E-state index contributed by atoms with van der Waals surface area (Å²) in [5.74, 6) is 1.87. The summed E-state index contributed by atoms with van der Waals surface area (Å²) < 4.78 is 0. The highest BCUT2D eigenvalue weighted by atomic mass is 16.2. The van der Waals surface area contributed by atoms with Crippen molar-refractivity contribution in [3.8, 4) is 0 Å². The zero-order chi connectivity index (χ0) is 15.7. The Morgan fingerprint density at radius 2 is 2.18 bits per heavy atom. The fourth-order valence-electron chi connectivity index (χ4n) is 2.88. The Morgan fingerprint density at radius 3 is 2.82 bits per heavy atom. The zero-order valence-electron chi connectivity index (χ0n) is 13.3. The number of likely N-dealkylation sites (tertiary alicyclic amines) is 1. The van der Waals surface area contributed by atoms with Crippen molar-refractivity contribution in [3.05, 3.63) is 29.1 Å². The summed E-state index contributed by atoms with van der Waals surface area (Å²) in [7, 11) is 0. The molecule has 0 saturated carbocycles. The third-order valence-electron chi connectivity index (χ3n) is 4.18. The highest BCUT2D eigenvalue weighted by Gasteiger charge is 2.32. The van der Waals surface area contributed by atoms with Gasteiger partial charge in [0, 0.05) is 18.2 Å². The van der Waals surface area contributed by atoms with E-state index in [1.807, 2.05) is 11.8 Å². The maximum Gasteiger partial charge on any atom is 0.257 e. The molecule has 1 fully saturated rings. The molecule has 1 saturated heterocycles. The largest absolute Gasteiger partial charge is 0.328 e. The lowest BCUT2D eigenvalue weighted by atomic mass is 10.0. The summed E-state index contributed by atoms with van der Waals surface area (Å²) in [5.41, 5.74) is 1.44. The molecule has 22 heavy (non-hydrogen) atoms. The maximum absolute atomic E-state index is 12.8. The molecule has 2 aromatic rings. The number of hydrogen-bond donors (Lipinski definition) is 2. The van der Waals surface area contributed by atoms with E-state index in [0.717, 1.165) is 43.1 Å². The Morgan fingerprint density at radius 1 is 1.36 bits per heavy atom. The highest BCUT2D eigenvalue weighted by Crippen LogP contribution is 2.31. The highest BCUT2D eigenvalue weighted by molar-refractivity contribution is 5.95. The van der Waals surface area contributed by atoms with Crippen molar-refractivity contribution in [1.82, 2.24) is 30.3 Å². The number of carbonyl (C=O) groups is 1. The number of nitrogens with zero attached hydrogens (tertiary/aromatic N) is 4. The molecule has 1 aliphatic heterocycles. The molecular formula is C15H22N6O. The molecule has 3 rings (SSSR count). The van der Waals surface area contributed by atoms with Gasteiger partial charge in [-0.2, -0.15) is 10.2 Å². The van der Waals surface area contributed by atoms with Gasteiger partial charge < -0.3 is 4.90 Å². The van der Waals surface area contributed by atoms with E-state index in [-0.39, 0.29) is 17.9 Å². The molecule has 7 heteroatoms. The van der Waals surface area contributed by atoms with Gasteiger partial charge in [0.15, 0.2) is 5.82 Å². The quantitative estimate of drug-likeness (QED) is 0.910. The smallest absolute Gasteiger partial charge is 0.257 e. The van der Waals surface area contributed by atoms with Gasteiger partial charge in [-0.05, 0) is 26.2 Å². The summed E-state index contributed by atoms with van der Waals surface area (Å²) in [6.07, 6.45) is 4.62. The molecule has 1 atom stereocenters. The summed E-state index contributed by atoms with van der Waals surface area (Å²) in [4.78, 5) is 19.3. The minimum Gasteiger partial charge on any atom is -0.328 e. The predicted molar refractivity (Wildman–Crippen MR) is 81.4 cm³/mol. The van der Waals surface area contributed by atoms with Crippen molar-refractivity contribution < 1.29 is 4.79 Å². The Labute approximate surface area is 129 Å². The molecule has 118 valence electrons. The Hall–Kier alpha value is -2.18. The average molecular weight is 302 g/mol. The molecule has 0 aliphatic carbocycles. The fraction of sp³-hybridized carbons (Fsp3) is 0.600. The molecule has 0 radical (unpaired) electrons. The van der Waals surface area contributed by atoms with Crippen molar-refractivity contribution in [2.75, 3.05) is 6.54 Å². The number of rotatable bonds is 3. The van der Waals surface area contributed by atoms with Gasteiger partial charge in [0.1, 0.15) is 5.82 Å². The van der Waals surface area contributed by atoms with E-state index in [9.17, 15) is 4.79 Å². The third-order valence-corrected chi connectivity index (χ3v) is 4.18. The number of aromatic amines is 2. The van der Waals surface area contributed by atoms with Crippen LogP contribution in [-0.4, -0.2) is 42.7 Å². The van der Waals surface area contributed by atoms with Crippen LogP contribution in [0.15, 0.2) is 6.20 Å². The van der Waals surface area contributed by atoms with Crippen LogP contribution in [-0.2, 0) is 0 Å². The topological polar surface area (TPSA) is 90.6 Å². The van der Waals surface area contributed by atoms with Gasteiger partial charge in [0.2, 0.25) is 0 Å². The van der Waals surface area contributed by atoms with Crippen molar-refractivity contribution in [2.24, 2.45) is 0 Å². The molecule has 2 aromatic heterocycles. The lowest BCUT2D eigenvalue weighted by molar-refractivity contribution is 0.0599. The molecule has 3 heterocycles. The molecular weight excluding hydrogens is 280 g/mol. The van der Waals surface area contributed by atoms with Gasteiger partial charge in [-0.15, -0.1) is 0 Å². The molecule has 7 nitrogen and oxygen atoms in total. The van der Waals surface area contributed by atoms with E-state index in [2.05, 4.69) is 39.2 Å². The predicted octanol–water partition coefficient (Wildman–Crippen LogP) is 2.33. The summed E-state index contributed by atoms with van der Waals surface area (Å²) in [6, 6.07) is -0.0319. The van der Waals surface area contributed by atoms with Gasteiger partial charge >= 0.3 is 0 Å². The average Bonchev–Trinajstić information content (AvgIpc) is 3.15. The number of aryl methyl sites for hydroxylation is 1. The van der Waals surface area contributed by atoms with Crippen molar-refractivity contribution in [2.45, 2.75) is 52.0 Å². The molecule has 0 unspecified atom stereocenters. The van der Waals surface area contributed by atoms with Crippen LogP contribution in [0.4, 0.5) is 0 Å². The van der Waals surface area contributed by atoms with Crippen LogP contribution >= 0.6 is 0 Å². The summed E-state index contributed by atoms with van der Waals surface area (Å²) in [5, 5.41) is 14.1. The van der Waals surface area contributed by atoms with Crippen LogP contribution < -0.4 is 0 Å². The zero-order valence-corrected chi connectivity index (χ0v) is 13.3. The lowest BCUT2D eigenvalue weighted by Crippen LogP contribution is -2.39. The second-order valence-corrected chi connectivity index (χ2v) is 6.15. The number of H-pyrrole nitrogens is 2. The Bertz CT molecular complexity index is 659. The molecule has 1 amide bonds. The first-order chi connectivity index (χ1) is 10.6. The normalized spacial score (nSPS) is 18.9. The second kappa shape index (κ2) is 5.90. The summed E-state index contributed by atoms with van der Waals surface area (Å²) >= 11 is 0. The minimum atomic E-state index is -0.0319. The number of aromatic nitrogens is 5. The van der Waals surface area contributed by atoms with Crippen molar-refractivity contribution in [3.63, 3.8) is 0 Å². The van der Waals surface area contributed by atoms with Gasteiger partial charge in [-0.3, -0.25) is 15.0 Å². The minimum absolute atomic E-state index is 0.0125. The Kier molecular flexibility index (Phi) is 3.96. The molecule has 0 bridgehead atoms. The first-order valence-electron chi connectivity index (χ1n) is 7.81. The second-order valence-electron chi connectivity index (χ2n) is 6.15. The first-order valence-corrected chi connectivity index (χ1v) is 7.81.